The summed E-state index contributed by atoms with van der Waals surface area (Å²) >= 11 is 0. The lowest BCUT2D eigenvalue weighted by atomic mass is 9.95. The molecule has 2 aliphatic rings. The van der Waals surface area contributed by atoms with Crippen molar-refractivity contribution in [1.82, 2.24) is 9.88 Å². The van der Waals surface area contributed by atoms with Crippen LogP contribution in [-0.4, -0.2) is 61.1 Å². The number of morpholine rings is 1. The van der Waals surface area contributed by atoms with Crippen LogP contribution in [0.5, 0.6) is 0 Å². The van der Waals surface area contributed by atoms with E-state index < -0.39 is 0 Å². The normalized spacial score (nSPS) is 18.1. The maximum atomic E-state index is 12.6. The molecule has 2 aliphatic heterocycles. The zero-order valence-electron chi connectivity index (χ0n) is 15.7. The zero-order valence-corrected chi connectivity index (χ0v) is 15.7. The summed E-state index contributed by atoms with van der Waals surface area (Å²) < 4.78 is 10.5. The Balaban J connectivity index is 1.28. The molecular formula is C20H24N4O4. The Kier molecular flexibility index (Phi) is 5.57. The molecule has 0 atom stereocenters. The Morgan fingerprint density at radius 3 is 2.50 bits per heavy atom. The van der Waals surface area contributed by atoms with Crippen molar-refractivity contribution in [3.8, 4) is 0 Å². The summed E-state index contributed by atoms with van der Waals surface area (Å²) in [6.07, 6.45) is 4.53. The molecule has 2 fully saturated rings. The number of nitrogens with zero attached hydrogens (tertiary/aromatic N) is 3. The van der Waals surface area contributed by atoms with Crippen molar-refractivity contribution in [1.29, 1.82) is 0 Å². The predicted octanol–water partition coefficient (Wildman–Crippen LogP) is 2.00. The third-order valence-corrected chi connectivity index (χ3v) is 5.26. The summed E-state index contributed by atoms with van der Waals surface area (Å²) in [5.74, 6) is 0.603. The van der Waals surface area contributed by atoms with Crippen molar-refractivity contribution < 1.29 is 18.7 Å². The lowest BCUT2D eigenvalue weighted by Gasteiger charge is -2.30. The third-order valence-electron chi connectivity index (χ3n) is 5.26. The van der Waals surface area contributed by atoms with Crippen molar-refractivity contribution in [2.45, 2.75) is 12.8 Å². The Labute approximate surface area is 163 Å². The number of nitrogens with one attached hydrogen (secondary N) is 1. The first kappa shape index (κ1) is 18.5. The lowest BCUT2D eigenvalue weighted by Crippen LogP contribution is -2.41. The SMILES string of the molecule is O=C(Nc1ccc(N2CCOCC2)cn1)C1CCN(C(=O)c2ccco2)CC1. The Hall–Kier alpha value is -2.87. The highest BCUT2D eigenvalue weighted by Crippen LogP contribution is 2.22. The molecule has 8 heteroatoms. The van der Waals surface area contributed by atoms with Gasteiger partial charge in [-0.3, -0.25) is 9.59 Å². The monoisotopic (exact) mass is 384 g/mol. The van der Waals surface area contributed by atoms with Crippen LogP contribution in [-0.2, 0) is 9.53 Å². The first-order valence-electron chi connectivity index (χ1n) is 9.63. The van der Waals surface area contributed by atoms with E-state index in [2.05, 4.69) is 15.2 Å². The van der Waals surface area contributed by atoms with Gasteiger partial charge in [0, 0.05) is 32.1 Å². The summed E-state index contributed by atoms with van der Waals surface area (Å²) in [6.45, 7) is 4.23. The average Bonchev–Trinajstić information content (AvgIpc) is 3.29. The Bertz CT molecular complexity index is 792. The van der Waals surface area contributed by atoms with Gasteiger partial charge in [0.25, 0.3) is 5.91 Å². The van der Waals surface area contributed by atoms with E-state index >= 15 is 0 Å². The van der Waals surface area contributed by atoms with E-state index in [9.17, 15) is 9.59 Å². The van der Waals surface area contributed by atoms with Crippen LogP contribution in [0, 0.1) is 5.92 Å². The van der Waals surface area contributed by atoms with Crippen LogP contribution in [0.4, 0.5) is 11.5 Å². The minimum atomic E-state index is -0.124. The van der Waals surface area contributed by atoms with Gasteiger partial charge in [-0.1, -0.05) is 0 Å². The zero-order chi connectivity index (χ0) is 19.3. The van der Waals surface area contributed by atoms with Gasteiger partial charge < -0.3 is 24.3 Å². The lowest BCUT2D eigenvalue weighted by molar-refractivity contribution is -0.121. The summed E-state index contributed by atoms with van der Waals surface area (Å²) in [6, 6.07) is 7.16. The molecule has 4 heterocycles. The fraction of sp³-hybridized carbons (Fsp3) is 0.450. The maximum Gasteiger partial charge on any atom is 0.289 e. The van der Waals surface area contributed by atoms with Gasteiger partial charge in [0.1, 0.15) is 5.82 Å². The minimum Gasteiger partial charge on any atom is -0.459 e. The summed E-state index contributed by atoms with van der Waals surface area (Å²) in [4.78, 5) is 33.2. The van der Waals surface area contributed by atoms with Crippen molar-refractivity contribution >= 4 is 23.3 Å². The van der Waals surface area contributed by atoms with Gasteiger partial charge >= 0.3 is 0 Å². The molecular weight excluding hydrogens is 360 g/mol. The number of amides is 2. The molecule has 0 aromatic carbocycles. The number of rotatable bonds is 4. The van der Waals surface area contributed by atoms with Crippen molar-refractivity contribution in [2.75, 3.05) is 49.6 Å². The molecule has 0 unspecified atom stereocenters. The van der Waals surface area contributed by atoms with Crippen molar-refractivity contribution in [2.24, 2.45) is 5.92 Å². The van der Waals surface area contributed by atoms with Gasteiger partial charge in [-0.15, -0.1) is 0 Å². The van der Waals surface area contributed by atoms with E-state index in [1.165, 1.54) is 6.26 Å². The highest BCUT2D eigenvalue weighted by Gasteiger charge is 2.29. The fourth-order valence-corrected chi connectivity index (χ4v) is 3.60. The largest absolute Gasteiger partial charge is 0.459 e. The molecule has 2 saturated heterocycles. The first-order chi connectivity index (χ1) is 13.7. The number of carbonyl (C=O) groups is 2. The molecule has 0 radical (unpaired) electrons. The summed E-state index contributed by atoms with van der Waals surface area (Å²) in [7, 11) is 0. The Morgan fingerprint density at radius 2 is 1.86 bits per heavy atom. The third kappa shape index (κ3) is 4.17. The van der Waals surface area contributed by atoms with Crippen LogP contribution < -0.4 is 10.2 Å². The van der Waals surface area contributed by atoms with Crippen LogP contribution >= 0.6 is 0 Å². The smallest absolute Gasteiger partial charge is 0.289 e. The molecule has 0 bridgehead atoms. The number of carbonyl (C=O) groups excluding carboxylic acids is 2. The molecule has 28 heavy (non-hydrogen) atoms. The predicted molar refractivity (Wildman–Crippen MR) is 103 cm³/mol. The molecule has 4 rings (SSSR count). The number of hydrogen-bond acceptors (Lipinski definition) is 6. The van der Waals surface area contributed by atoms with E-state index in [4.69, 9.17) is 9.15 Å². The number of furan rings is 1. The van der Waals surface area contributed by atoms with Gasteiger partial charge in [0.05, 0.1) is 31.4 Å². The molecule has 0 spiro atoms. The van der Waals surface area contributed by atoms with Crippen LogP contribution in [0.15, 0.2) is 41.1 Å². The molecule has 2 aromatic heterocycles. The second-order valence-electron chi connectivity index (χ2n) is 7.03. The van der Waals surface area contributed by atoms with Crippen molar-refractivity contribution in [3.05, 3.63) is 42.5 Å². The van der Waals surface area contributed by atoms with E-state index in [-0.39, 0.29) is 17.7 Å². The summed E-state index contributed by atoms with van der Waals surface area (Å²) in [5, 5.41) is 2.90. The highest BCUT2D eigenvalue weighted by atomic mass is 16.5. The first-order valence-corrected chi connectivity index (χ1v) is 9.63. The summed E-state index contributed by atoms with van der Waals surface area (Å²) in [5.41, 5.74) is 1.03. The van der Waals surface area contributed by atoms with Gasteiger partial charge in [-0.25, -0.2) is 4.98 Å². The molecule has 2 aromatic rings. The highest BCUT2D eigenvalue weighted by molar-refractivity contribution is 5.93. The second kappa shape index (κ2) is 8.43. The maximum absolute atomic E-state index is 12.6. The number of hydrogen-bond donors (Lipinski definition) is 1. The minimum absolute atomic E-state index is 0.0447. The van der Waals surface area contributed by atoms with Crippen LogP contribution in [0.25, 0.3) is 0 Å². The van der Waals surface area contributed by atoms with Crippen LogP contribution in [0.1, 0.15) is 23.4 Å². The molecule has 0 aliphatic carbocycles. The molecule has 1 N–H and O–H groups in total. The quantitative estimate of drug-likeness (QED) is 0.868. The van der Waals surface area contributed by atoms with Crippen LogP contribution in [0.2, 0.25) is 0 Å². The Morgan fingerprint density at radius 1 is 1.07 bits per heavy atom. The molecule has 148 valence electrons. The number of piperidine rings is 1. The van der Waals surface area contributed by atoms with E-state index in [1.54, 1.807) is 23.2 Å². The molecule has 8 nitrogen and oxygen atoms in total. The van der Waals surface area contributed by atoms with Gasteiger partial charge in [-0.05, 0) is 37.1 Å². The standard InChI is InChI=1S/C20H24N4O4/c25-19(15-5-7-24(8-6-15)20(26)17-2-1-11-28-17)22-18-4-3-16(14-21-18)23-9-12-27-13-10-23/h1-4,11,14-15H,5-10,12-13H2,(H,21,22,25). The molecule has 2 amide bonds. The number of ether oxygens (including phenoxy) is 1. The van der Waals surface area contributed by atoms with E-state index in [1.807, 2.05) is 12.1 Å². The van der Waals surface area contributed by atoms with Crippen LogP contribution in [0.3, 0.4) is 0 Å². The van der Waals surface area contributed by atoms with E-state index in [0.29, 0.717) is 37.5 Å². The van der Waals surface area contributed by atoms with Gasteiger partial charge in [0.2, 0.25) is 5.91 Å². The topological polar surface area (TPSA) is 87.9 Å². The number of pyridine rings is 1. The van der Waals surface area contributed by atoms with Gasteiger partial charge in [0.15, 0.2) is 5.76 Å². The van der Waals surface area contributed by atoms with Crippen molar-refractivity contribution in [3.63, 3.8) is 0 Å². The van der Waals surface area contributed by atoms with Gasteiger partial charge in [-0.2, -0.15) is 0 Å². The number of aromatic nitrogens is 1. The number of anilines is 2. The average molecular weight is 384 g/mol. The molecule has 0 saturated carbocycles. The fourth-order valence-electron chi connectivity index (χ4n) is 3.60. The van der Waals surface area contributed by atoms with E-state index in [0.717, 1.165) is 32.0 Å². The number of likely N-dealkylation sites (tertiary alicyclic amines) is 1. The second-order valence-corrected chi connectivity index (χ2v) is 7.03.